The van der Waals surface area contributed by atoms with E-state index in [-0.39, 0.29) is 11.6 Å². The van der Waals surface area contributed by atoms with Crippen molar-refractivity contribution < 1.29 is 4.79 Å². The van der Waals surface area contributed by atoms with E-state index in [0.717, 1.165) is 0 Å². The molecule has 0 aromatic heterocycles. The zero-order chi connectivity index (χ0) is 15.0. The number of nitrogens with two attached hydrogens (primary N) is 1. The average Bonchev–Trinajstić information content (AvgIpc) is 2.51. The van der Waals surface area contributed by atoms with E-state index in [2.05, 4.69) is 24.3 Å². The highest BCUT2D eigenvalue weighted by atomic mass is 31.1. The molecular weight excluding hydrogens is 265 g/mol. The molecule has 20 heavy (non-hydrogen) atoms. The van der Waals surface area contributed by atoms with Gasteiger partial charge in [0.05, 0.1) is 5.66 Å². The van der Waals surface area contributed by atoms with Gasteiger partial charge in [-0.05, 0) is 25.5 Å². The Labute approximate surface area is 122 Å². The van der Waals surface area contributed by atoms with E-state index >= 15 is 0 Å². The van der Waals surface area contributed by atoms with Crippen LogP contribution in [0.3, 0.4) is 0 Å². The molecular formula is C17H22NOP. The summed E-state index contributed by atoms with van der Waals surface area (Å²) in [6, 6.07) is 20.2. The number of primary amides is 1. The molecule has 0 aliphatic heterocycles. The van der Waals surface area contributed by atoms with Crippen LogP contribution in [0.1, 0.15) is 20.8 Å². The maximum absolute atomic E-state index is 11.5. The minimum atomic E-state index is -0.726. The summed E-state index contributed by atoms with van der Waals surface area (Å²) in [6.45, 7) is 5.91. The first-order valence-corrected chi connectivity index (χ1v) is 8.30. The third-order valence-corrected chi connectivity index (χ3v) is 5.61. The van der Waals surface area contributed by atoms with Crippen molar-refractivity contribution in [2.45, 2.75) is 26.4 Å². The van der Waals surface area contributed by atoms with Crippen molar-refractivity contribution in [2.24, 2.45) is 5.73 Å². The van der Waals surface area contributed by atoms with E-state index < -0.39 is 7.92 Å². The van der Waals surface area contributed by atoms with Gasteiger partial charge in [-0.25, -0.2) is 0 Å². The molecule has 106 valence electrons. The van der Waals surface area contributed by atoms with Crippen molar-refractivity contribution >= 4 is 24.4 Å². The van der Waals surface area contributed by atoms with Crippen LogP contribution in [-0.4, -0.2) is 11.6 Å². The Kier molecular flexibility index (Phi) is 6.97. The number of benzene rings is 2. The van der Waals surface area contributed by atoms with Crippen LogP contribution in [-0.2, 0) is 4.79 Å². The SMILES string of the molecule is CC.CC(C(N)=O)P(c1ccccc1)c1ccccc1. The summed E-state index contributed by atoms with van der Waals surface area (Å²) in [5.74, 6) is -0.242. The van der Waals surface area contributed by atoms with Crippen LogP contribution in [0, 0.1) is 0 Å². The Hall–Kier alpha value is -1.66. The van der Waals surface area contributed by atoms with Crippen LogP contribution in [0.15, 0.2) is 60.7 Å². The van der Waals surface area contributed by atoms with E-state index in [0.29, 0.717) is 0 Å². The first-order valence-electron chi connectivity index (χ1n) is 6.89. The lowest BCUT2D eigenvalue weighted by Gasteiger charge is -2.23. The Morgan fingerprint density at radius 1 is 0.900 bits per heavy atom. The van der Waals surface area contributed by atoms with Crippen LogP contribution in [0.25, 0.3) is 0 Å². The van der Waals surface area contributed by atoms with Crippen LogP contribution in [0.5, 0.6) is 0 Å². The molecule has 2 aromatic rings. The van der Waals surface area contributed by atoms with Crippen LogP contribution < -0.4 is 16.3 Å². The first kappa shape index (κ1) is 16.4. The zero-order valence-corrected chi connectivity index (χ0v) is 13.2. The second kappa shape index (κ2) is 8.50. The predicted octanol–water partition coefficient (Wildman–Crippen LogP) is 3.02. The van der Waals surface area contributed by atoms with Crippen molar-refractivity contribution in [1.82, 2.24) is 0 Å². The van der Waals surface area contributed by atoms with Gasteiger partial charge in [-0.2, -0.15) is 0 Å². The molecule has 2 nitrogen and oxygen atoms in total. The second-order valence-corrected chi connectivity index (χ2v) is 6.67. The molecule has 0 saturated heterocycles. The van der Waals surface area contributed by atoms with E-state index in [1.165, 1.54) is 10.6 Å². The number of hydrogen-bond donors (Lipinski definition) is 1. The van der Waals surface area contributed by atoms with E-state index in [1.807, 2.05) is 57.2 Å². The smallest absolute Gasteiger partial charge is 0.225 e. The fraction of sp³-hybridized carbons (Fsp3) is 0.235. The van der Waals surface area contributed by atoms with E-state index in [4.69, 9.17) is 5.73 Å². The standard InChI is InChI=1S/C15H16NOP.C2H6/c1-12(15(16)17)18(13-8-4-2-5-9-13)14-10-6-3-7-11-14;1-2/h2-12H,1H3,(H2,16,17);1-2H3. The highest BCUT2D eigenvalue weighted by Crippen LogP contribution is 2.38. The summed E-state index contributed by atoms with van der Waals surface area (Å²) >= 11 is 0. The summed E-state index contributed by atoms with van der Waals surface area (Å²) in [7, 11) is -0.726. The van der Waals surface area contributed by atoms with Crippen molar-refractivity contribution in [3.63, 3.8) is 0 Å². The number of carbonyl (C=O) groups is 1. The summed E-state index contributed by atoms with van der Waals surface area (Å²) in [4.78, 5) is 11.5. The summed E-state index contributed by atoms with van der Waals surface area (Å²) < 4.78 is 0. The normalized spacial score (nSPS) is 11.4. The number of rotatable bonds is 4. The van der Waals surface area contributed by atoms with Gasteiger partial charge >= 0.3 is 0 Å². The molecule has 1 atom stereocenters. The lowest BCUT2D eigenvalue weighted by Crippen LogP contribution is -2.31. The van der Waals surface area contributed by atoms with Crippen molar-refractivity contribution in [3.8, 4) is 0 Å². The van der Waals surface area contributed by atoms with Gasteiger partial charge in [0.25, 0.3) is 0 Å². The molecule has 0 spiro atoms. The Morgan fingerprint density at radius 2 is 1.25 bits per heavy atom. The van der Waals surface area contributed by atoms with Gasteiger partial charge in [0.1, 0.15) is 0 Å². The third-order valence-electron chi connectivity index (χ3n) is 2.87. The minimum absolute atomic E-state index is 0.162. The third kappa shape index (κ3) is 4.18. The molecule has 3 heteroatoms. The monoisotopic (exact) mass is 287 g/mol. The van der Waals surface area contributed by atoms with Crippen molar-refractivity contribution in [2.75, 3.05) is 0 Å². The van der Waals surface area contributed by atoms with Gasteiger partial charge in [0.15, 0.2) is 0 Å². The number of amides is 1. The molecule has 2 rings (SSSR count). The Bertz CT molecular complexity index is 474. The van der Waals surface area contributed by atoms with Gasteiger partial charge in [-0.1, -0.05) is 74.5 Å². The van der Waals surface area contributed by atoms with Crippen molar-refractivity contribution in [3.05, 3.63) is 60.7 Å². The van der Waals surface area contributed by atoms with E-state index in [1.54, 1.807) is 0 Å². The second-order valence-electron chi connectivity index (χ2n) is 4.12. The molecule has 0 aliphatic carbocycles. The minimum Gasteiger partial charge on any atom is -0.369 e. The quantitative estimate of drug-likeness (QED) is 0.863. The first-order chi connectivity index (χ1) is 9.70. The maximum Gasteiger partial charge on any atom is 0.225 e. The molecule has 0 bridgehead atoms. The molecule has 2 aromatic carbocycles. The van der Waals surface area contributed by atoms with E-state index in [9.17, 15) is 4.79 Å². The molecule has 1 unspecified atom stereocenters. The molecule has 0 radical (unpaired) electrons. The molecule has 1 amide bonds. The topological polar surface area (TPSA) is 43.1 Å². The average molecular weight is 287 g/mol. The lowest BCUT2D eigenvalue weighted by molar-refractivity contribution is -0.117. The maximum atomic E-state index is 11.5. The highest BCUT2D eigenvalue weighted by molar-refractivity contribution is 7.74. The van der Waals surface area contributed by atoms with Gasteiger partial charge in [0.2, 0.25) is 5.91 Å². The van der Waals surface area contributed by atoms with Gasteiger partial charge in [0, 0.05) is 0 Å². The fourth-order valence-corrected chi connectivity index (χ4v) is 4.33. The molecule has 0 aliphatic rings. The fourth-order valence-electron chi connectivity index (χ4n) is 1.90. The van der Waals surface area contributed by atoms with Gasteiger partial charge < -0.3 is 5.73 Å². The Morgan fingerprint density at radius 3 is 1.55 bits per heavy atom. The van der Waals surface area contributed by atoms with Gasteiger partial charge in [-0.3, -0.25) is 4.79 Å². The highest BCUT2D eigenvalue weighted by Gasteiger charge is 2.24. The molecule has 2 N–H and O–H groups in total. The molecule has 0 fully saturated rings. The van der Waals surface area contributed by atoms with Gasteiger partial charge in [-0.15, -0.1) is 0 Å². The summed E-state index contributed by atoms with van der Waals surface area (Å²) in [6.07, 6.45) is 0. The van der Waals surface area contributed by atoms with Crippen LogP contribution in [0.4, 0.5) is 0 Å². The van der Waals surface area contributed by atoms with Crippen LogP contribution in [0.2, 0.25) is 0 Å². The summed E-state index contributed by atoms with van der Waals surface area (Å²) in [5, 5.41) is 2.37. The Balaban J connectivity index is 0.000000956. The van der Waals surface area contributed by atoms with Crippen LogP contribution >= 0.6 is 7.92 Å². The summed E-state index contributed by atoms with van der Waals surface area (Å²) in [5.41, 5.74) is 5.33. The van der Waals surface area contributed by atoms with Crippen molar-refractivity contribution in [1.29, 1.82) is 0 Å². The molecule has 0 saturated carbocycles. The zero-order valence-electron chi connectivity index (χ0n) is 12.3. The number of carbonyl (C=O) groups excluding carboxylic acids is 1. The number of hydrogen-bond acceptors (Lipinski definition) is 1. The largest absolute Gasteiger partial charge is 0.369 e. The lowest BCUT2D eigenvalue weighted by atomic mass is 10.4. The molecule has 0 heterocycles. The predicted molar refractivity (Wildman–Crippen MR) is 89.1 cm³/mol.